The normalized spacial score (nSPS) is 23.8. The van der Waals surface area contributed by atoms with Crippen LogP contribution < -0.4 is 0 Å². The zero-order valence-electron chi connectivity index (χ0n) is 15.0. The number of ether oxygens (including phenoxy) is 1. The van der Waals surface area contributed by atoms with Crippen LogP contribution in [0.1, 0.15) is 44.6 Å². The van der Waals surface area contributed by atoms with Crippen molar-refractivity contribution in [2.75, 3.05) is 19.6 Å². The van der Waals surface area contributed by atoms with Gasteiger partial charge in [0.05, 0.1) is 0 Å². The molecule has 0 saturated carbocycles. The molecule has 2 heterocycles. The fourth-order valence-corrected chi connectivity index (χ4v) is 3.87. The second-order valence-electron chi connectivity index (χ2n) is 7.12. The highest BCUT2D eigenvalue weighted by molar-refractivity contribution is 5.78. The number of carbonyl (C=O) groups is 2. The number of nitrogens with zero attached hydrogens (tertiary/aromatic N) is 2. The Morgan fingerprint density at radius 1 is 1.12 bits per heavy atom. The Hall–Kier alpha value is -1.88. The number of esters is 1. The zero-order valence-corrected chi connectivity index (χ0v) is 15.0. The first-order valence-electron chi connectivity index (χ1n) is 9.39. The van der Waals surface area contributed by atoms with E-state index in [9.17, 15) is 9.59 Å². The first-order valence-corrected chi connectivity index (χ1v) is 9.39. The molecule has 1 aromatic carbocycles. The molecular formula is C20H28N2O3. The van der Waals surface area contributed by atoms with Crippen molar-refractivity contribution in [1.82, 2.24) is 9.80 Å². The molecule has 2 aliphatic heterocycles. The van der Waals surface area contributed by atoms with Crippen molar-refractivity contribution in [3.05, 3.63) is 35.9 Å². The summed E-state index contributed by atoms with van der Waals surface area (Å²) in [7, 11) is 0. The minimum absolute atomic E-state index is 0.164. The molecule has 2 aliphatic rings. The molecule has 1 aromatic rings. The minimum atomic E-state index is -0.201. The second kappa shape index (κ2) is 8.48. The van der Waals surface area contributed by atoms with E-state index < -0.39 is 0 Å². The third kappa shape index (κ3) is 4.60. The lowest BCUT2D eigenvalue weighted by molar-refractivity contribution is -0.150. The van der Waals surface area contributed by atoms with E-state index in [1.165, 1.54) is 0 Å². The van der Waals surface area contributed by atoms with Gasteiger partial charge in [-0.2, -0.15) is 0 Å². The fourth-order valence-electron chi connectivity index (χ4n) is 3.87. The second-order valence-corrected chi connectivity index (χ2v) is 7.12. The summed E-state index contributed by atoms with van der Waals surface area (Å²) in [6, 6.07) is 9.89. The Balaban J connectivity index is 1.46. The molecule has 0 spiro atoms. The van der Waals surface area contributed by atoms with Crippen molar-refractivity contribution in [3.8, 4) is 0 Å². The summed E-state index contributed by atoms with van der Waals surface area (Å²) in [5.41, 5.74) is 0.999. The van der Waals surface area contributed by atoms with Gasteiger partial charge in [0.15, 0.2) is 0 Å². The van der Waals surface area contributed by atoms with E-state index in [0.717, 1.165) is 44.3 Å². The highest BCUT2D eigenvalue weighted by Gasteiger charge is 2.33. The number of amides is 1. The summed E-state index contributed by atoms with van der Waals surface area (Å²) >= 11 is 0. The molecule has 25 heavy (non-hydrogen) atoms. The topological polar surface area (TPSA) is 49.9 Å². The van der Waals surface area contributed by atoms with Crippen molar-refractivity contribution in [3.63, 3.8) is 0 Å². The van der Waals surface area contributed by atoms with Crippen molar-refractivity contribution >= 4 is 11.9 Å². The molecular weight excluding hydrogens is 316 g/mol. The quantitative estimate of drug-likeness (QED) is 0.745. The van der Waals surface area contributed by atoms with Gasteiger partial charge >= 0.3 is 5.97 Å². The molecule has 0 radical (unpaired) electrons. The van der Waals surface area contributed by atoms with E-state index in [1.807, 2.05) is 35.2 Å². The van der Waals surface area contributed by atoms with Crippen LogP contribution in [0.25, 0.3) is 0 Å². The largest absolute Gasteiger partial charge is 0.460 e. The molecule has 2 atom stereocenters. The van der Waals surface area contributed by atoms with E-state index in [1.54, 1.807) is 0 Å². The Morgan fingerprint density at radius 2 is 1.88 bits per heavy atom. The molecule has 0 aliphatic carbocycles. The molecule has 5 nitrogen and oxygen atoms in total. The van der Waals surface area contributed by atoms with E-state index in [0.29, 0.717) is 25.6 Å². The fraction of sp³-hybridized carbons (Fsp3) is 0.600. The van der Waals surface area contributed by atoms with Gasteiger partial charge in [-0.3, -0.25) is 14.5 Å². The van der Waals surface area contributed by atoms with Crippen LogP contribution in [0.5, 0.6) is 0 Å². The van der Waals surface area contributed by atoms with Gasteiger partial charge in [-0.25, -0.2) is 0 Å². The number of likely N-dealkylation sites (tertiary alicyclic amines) is 2. The van der Waals surface area contributed by atoms with Crippen LogP contribution in [0.3, 0.4) is 0 Å². The molecule has 0 N–H and O–H groups in total. The molecule has 2 fully saturated rings. The van der Waals surface area contributed by atoms with Crippen LogP contribution in [0.15, 0.2) is 30.3 Å². The Labute approximate surface area is 149 Å². The lowest BCUT2D eigenvalue weighted by atomic mass is 10.2. The third-order valence-electron chi connectivity index (χ3n) is 5.35. The van der Waals surface area contributed by atoms with E-state index >= 15 is 0 Å². The maximum atomic E-state index is 12.4. The zero-order chi connectivity index (χ0) is 17.6. The minimum Gasteiger partial charge on any atom is -0.460 e. The van der Waals surface area contributed by atoms with Crippen molar-refractivity contribution in [1.29, 1.82) is 0 Å². The lowest BCUT2D eigenvalue weighted by Gasteiger charge is -2.25. The molecule has 0 aromatic heterocycles. The number of hydrogen-bond acceptors (Lipinski definition) is 4. The highest BCUT2D eigenvalue weighted by Crippen LogP contribution is 2.21. The predicted molar refractivity (Wildman–Crippen MR) is 95.9 cm³/mol. The standard InChI is InChI=1S/C20H28N2O3/c1-16-7-5-13-22(16)19(23)11-14-21-12-6-10-18(21)20(24)25-15-17-8-3-2-4-9-17/h2-4,8-9,16,18H,5-7,10-15H2,1H3. The predicted octanol–water partition coefficient (Wildman–Crippen LogP) is 2.60. The smallest absolute Gasteiger partial charge is 0.323 e. The summed E-state index contributed by atoms with van der Waals surface area (Å²) < 4.78 is 5.49. The van der Waals surface area contributed by atoms with Gasteiger partial charge in [0.25, 0.3) is 0 Å². The molecule has 3 rings (SSSR count). The van der Waals surface area contributed by atoms with Gasteiger partial charge in [0, 0.05) is 25.6 Å². The Morgan fingerprint density at radius 3 is 2.60 bits per heavy atom. The van der Waals surface area contributed by atoms with Crippen LogP contribution in [0.4, 0.5) is 0 Å². The molecule has 5 heteroatoms. The van der Waals surface area contributed by atoms with Gasteiger partial charge in [-0.05, 0) is 44.7 Å². The van der Waals surface area contributed by atoms with Crippen molar-refractivity contribution in [2.45, 2.75) is 57.7 Å². The molecule has 136 valence electrons. The maximum Gasteiger partial charge on any atom is 0.323 e. The SMILES string of the molecule is CC1CCCN1C(=O)CCN1CCCC1C(=O)OCc1ccccc1. The van der Waals surface area contributed by atoms with Crippen molar-refractivity contribution < 1.29 is 14.3 Å². The highest BCUT2D eigenvalue weighted by atomic mass is 16.5. The Bertz CT molecular complexity index is 590. The van der Waals surface area contributed by atoms with E-state index in [4.69, 9.17) is 4.74 Å². The summed E-state index contributed by atoms with van der Waals surface area (Å²) in [5.74, 6) is 0.0524. The molecule has 0 bridgehead atoms. The van der Waals surface area contributed by atoms with Gasteiger partial charge in [0.2, 0.25) is 5.91 Å². The first kappa shape index (κ1) is 17.9. The van der Waals surface area contributed by atoms with Crippen LogP contribution >= 0.6 is 0 Å². The summed E-state index contributed by atoms with van der Waals surface area (Å²) in [5, 5.41) is 0. The van der Waals surface area contributed by atoms with Crippen LogP contribution in [0.2, 0.25) is 0 Å². The van der Waals surface area contributed by atoms with Crippen LogP contribution in [-0.4, -0.2) is 53.4 Å². The molecule has 2 unspecified atom stereocenters. The first-order chi connectivity index (χ1) is 12.1. The van der Waals surface area contributed by atoms with E-state index in [-0.39, 0.29) is 17.9 Å². The molecule has 2 saturated heterocycles. The van der Waals surface area contributed by atoms with Crippen LogP contribution in [0, 0.1) is 0 Å². The number of carbonyl (C=O) groups excluding carboxylic acids is 2. The maximum absolute atomic E-state index is 12.4. The lowest BCUT2D eigenvalue weighted by Crippen LogP contribution is -2.41. The third-order valence-corrected chi connectivity index (χ3v) is 5.35. The summed E-state index contributed by atoms with van der Waals surface area (Å²) in [4.78, 5) is 28.9. The average molecular weight is 344 g/mol. The average Bonchev–Trinajstić information content (AvgIpc) is 3.27. The van der Waals surface area contributed by atoms with Gasteiger partial charge in [0.1, 0.15) is 12.6 Å². The van der Waals surface area contributed by atoms with Crippen molar-refractivity contribution in [2.24, 2.45) is 0 Å². The van der Waals surface area contributed by atoms with E-state index in [2.05, 4.69) is 11.8 Å². The monoisotopic (exact) mass is 344 g/mol. The number of benzene rings is 1. The summed E-state index contributed by atoms with van der Waals surface area (Å²) in [6.45, 7) is 4.82. The van der Waals surface area contributed by atoms with Crippen LogP contribution in [-0.2, 0) is 20.9 Å². The number of hydrogen-bond donors (Lipinski definition) is 0. The van der Waals surface area contributed by atoms with Gasteiger partial charge in [-0.1, -0.05) is 30.3 Å². The Kier molecular flexibility index (Phi) is 6.08. The number of rotatable bonds is 6. The van der Waals surface area contributed by atoms with Gasteiger partial charge < -0.3 is 9.64 Å². The van der Waals surface area contributed by atoms with Gasteiger partial charge in [-0.15, -0.1) is 0 Å². The molecule has 1 amide bonds. The summed E-state index contributed by atoms with van der Waals surface area (Å²) in [6.07, 6.45) is 4.50.